The molecule has 1 saturated heterocycles. The van der Waals surface area contributed by atoms with Crippen molar-refractivity contribution in [1.82, 2.24) is 50.8 Å². The maximum atomic E-state index is 6.28. The Bertz CT molecular complexity index is 5230. The van der Waals surface area contributed by atoms with Crippen LogP contribution in [0, 0.1) is 0 Å². The minimum absolute atomic E-state index is 0.412. The van der Waals surface area contributed by atoms with E-state index in [1.54, 1.807) is 27.5 Å². The van der Waals surface area contributed by atoms with Gasteiger partial charge in [-0.25, -0.2) is 4.98 Å². The molecule has 1 fully saturated rings. The first-order valence-corrected chi connectivity index (χ1v) is 35.7. The number of nitrogens with one attached hydrogen (secondary N) is 4. The number of rotatable bonds is 24. The van der Waals surface area contributed by atoms with Gasteiger partial charge in [-0.3, -0.25) is 25.4 Å². The van der Waals surface area contributed by atoms with E-state index in [1.807, 2.05) is 219 Å². The second-order valence-corrected chi connectivity index (χ2v) is 25.1. The number of aromatic amines is 4. The van der Waals surface area contributed by atoms with Crippen LogP contribution < -0.4 is 34.3 Å². The van der Waals surface area contributed by atoms with E-state index in [2.05, 4.69) is 128 Å². The molecule has 0 bridgehead atoms. The minimum atomic E-state index is 0.412. The quantitative estimate of drug-likeness (QED) is 0.0280. The molecule has 6 N–H and O–H groups in total. The Morgan fingerprint density at radius 1 is 0.380 bits per heavy atom. The van der Waals surface area contributed by atoms with Gasteiger partial charge < -0.3 is 43.8 Å². The summed E-state index contributed by atoms with van der Waals surface area (Å²) in [7, 11) is 4.99. The highest BCUT2D eigenvalue weighted by molar-refractivity contribution is 5.77. The van der Waals surface area contributed by atoms with Gasteiger partial charge in [0.2, 0.25) is 0 Å². The van der Waals surface area contributed by atoms with Crippen molar-refractivity contribution in [2.75, 3.05) is 71.5 Å². The van der Waals surface area contributed by atoms with Gasteiger partial charge in [-0.1, -0.05) is 170 Å². The van der Waals surface area contributed by atoms with Crippen molar-refractivity contribution in [2.24, 2.45) is 0 Å². The summed E-state index contributed by atoms with van der Waals surface area (Å²) in [5.41, 5.74) is 26.3. The predicted octanol–water partition coefficient (Wildman–Crippen LogP) is 18.2. The number of aromatic nitrogens is 10. The lowest BCUT2D eigenvalue weighted by Crippen LogP contribution is -2.36. The molecule has 15 aromatic rings. The Hall–Kier alpha value is -13.4. The Labute approximate surface area is 628 Å². The molecule has 0 unspecified atom stereocenters. The average Bonchev–Trinajstić information content (AvgIpc) is 1.62. The monoisotopic (exact) mass is 1430 g/mol. The van der Waals surface area contributed by atoms with Gasteiger partial charge in [-0.05, 0) is 139 Å². The number of pyridine rings is 2. The molecule has 1 aliphatic heterocycles. The van der Waals surface area contributed by atoms with E-state index >= 15 is 0 Å². The Kier molecular flexibility index (Phi) is 25.3. The fourth-order valence-electron chi connectivity index (χ4n) is 12.1. The SMILES string of the molecule is COCCOc1cc(OCc2ccccc2)ccc1-c1cc(-c2ccccc2)n[nH]1.COc1ccccc1-c1cc(-c2ccc(N3CCOCC3)nc2)n[nH]1.COc1ccccc1-c1cc(-c2cccc(N)c2)n[nH]1.c1ccc(CCc2ccc(-c3cc(-c4ccccc4)n[nH]3)c(OCc3ccccn3)c2)cc1. The van der Waals surface area contributed by atoms with E-state index in [4.69, 9.17) is 38.9 Å². The van der Waals surface area contributed by atoms with Gasteiger partial charge in [-0.2, -0.15) is 20.4 Å². The van der Waals surface area contributed by atoms with E-state index in [-0.39, 0.29) is 0 Å². The first-order chi connectivity index (χ1) is 53.3. The van der Waals surface area contributed by atoms with Gasteiger partial charge in [0.25, 0.3) is 0 Å². The zero-order valence-corrected chi connectivity index (χ0v) is 60.4. The summed E-state index contributed by atoms with van der Waals surface area (Å²) in [6, 6.07) is 94.6. The normalized spacial score (nSPS) is 11.6. The highest BCUT2D eigenvalue weighted by Gasteiger charge is 2.18. The summed E-state index contributed by atoms with van der Waals surface area (Å²) >= 11 is 0. The lowest BCUT2D eigenvalue weighted by atomic mass is 10.0. The molecule has 108 heavy (non-hydrogen) atoms. The summed E-state index contributed by atoms with van der Waals surface area (Å²) in [6.45, 7) is 5.14. The van der Waals surface area contributed by atoms with Crippen molar-refractivity contribution in [3.05, 3.63) is 320 Å². The Morgan fingerprint density at radius 2 is 0.880 bits per heavy atom. The third-order valence-corrected chi connectivity index (χ3v) is 17.8. The van der Waals surface area contributed by atoms with E-state index in [9.17, 15) is 0 Å². The van der Waals surface area contributed by atoms with Crippen LogP contribution in [0.15, 0.2) is 298 Å². The lowest BCUT2D eigenvalue weighted by Gasteiger charge is -2.27. The summed E-state index contributed by atoms with van der Waals surface area (Å²) in [6.07, 6.45) is 5.59. The predicted molar refractivity (Wildman–Crippen MR) is 427 cm³/mol. The lowest BCUT2D eigenvalue weighted by molar-refractivity contribution is 0.122. The van der Waals surface area contributed by atoms with Crippen LogP contribution in [0.5, 0.6) is 28.7 Å². The molecule has 0 atom stereocenters. The van der Waals surface area contributed by atoms with Crippen LogP contribution in [-0.4, -0.2) is 112 Å². The molecule has 19 nitrogen and oxygen atoms in total. The van der Waals surface area contributed by atoms with Crippen molar-refractivity contribution in [3.63, 3.8) is 0 Å². The smallest absolute Gasteiger partial charge is 0.132 e. The molecule has 6 aromatic heterocycles. The van der Waals surface area contributed by atoms with Crippen molar-refractivity contribution < 1.29 is 33.2 Å². The topological polar surface area (TPSA) is 234 Å². The number of nitrogens with two attached hydrogens (primary N) is 1. The second-order valence-electron chi connectivity index (χ2n) is 25.1. The van der Waals surface area contributed by atoms with Gasteiger partial charge in [0.1, 0.15) is 54.4 Å². The number of ether oxygens (including phenoxy) is 7. The van der Waals surface area contributed by atoms with Crippen molar-refractivity contribution in [2.45, 2.75) is 26.1 Å². The first kappa shape index (κ1) is 73.0. The molecule has 0 spiro atoms. The van der Waals surface area contributed by atoms with E-state index in [1.165, 1.54) is 11.1 Å². The summed E-state index contributed by atoms with van der Waals surface area (Å²) in [4.78, 5) is 11.2. The van der Waals surface area contributed by atoms with Crippen molar-refractivity contribution in [1.29, 1.82) is 0 Å². The number of nitrogens with zero attached hydrogens (tertiary/aromatic N) is 7. The number of aryl methyl sites for hydroxylation is 2. The standard InChI is InChI=1S/C29H25N3O.C25H24N2O3.C19H20N4O2.C16H15N3O/c1-3-9-22(10-4-1)14-15-23-16-17-26(29(19-23)33-21-25-13-7-8-18-30-25)28-20-27(31-32-28)24-11-5-2-6-12-24;1-28-14-15-29-25-16-21(30-18-19-8-4-2-5-9-19)12-13-22(25)24-17-23(26-27-24)20-10-6-3-7-11-20;1-24-18-5-3-2-4-15(18)17-12-16(21-22-17)14-6-7-19(20-13-14)23-8-10-25-11-9-23;1-20-16-8-3-2-7-13(16)15-10-14(18-19-15)11-5-4-6-12(17)9-11/h1-13,16-20H,14-15,21H2,(H,31,32);2-13,16-17H,14-15,18H2,1H3,(H,26,27);2-7,12-13H,8-11H2,1H3,(H,21,22);2-10H,17H2,1H3,(H,18,19). The number of hydrogen-bond donors (Lipinski definition) is 5. The van der Waals surface area contributed by atoms with Crippen LogP contribution >= 0.6 is 0 Å². The fraction of sp³-hybridized carbons (Fsp3) is 0.146. The van der Waals surface area contributed by atoms with Gasteiger partial charge in [0.05, 0.1) is 85.3 Å². The molecule has 7 heterocycles. The van der Waals surface area contributed by atoms with Crippen LogP contribution in [0.4, 0.5) is 11.5 Å². The minimum Gasteiger partial charge on any atom is -0.496 e. The van der Waals surface area contributed by atoms with Crippen LogP contribution in [0.25, 0.3) is 90.1 Å². The molecule has 0 aliphatic carbocycles. The number of para-hydroxylation sites is 2. The van der Waals surface area contributed by atoms with Crippen molar-refractivity contribution >= 4 is 11.5 Å². The Morgan fingerprint density at radius 3 is 1.43 bits per heavy atom. The number of anilines is 2. The Balaban J connectivity index is 0.000000129. The number of nitrogen functional groups attached to an aromatic ring is 1. The van der Waals surface area contributed by atoms with E-state index in [0.29, 0.717) is 26.4 Å². The zero-order valence-electron chi connectivity index (χ0n) is 60.4. The highest BCUT2D eigenvalue weighted by atomic mass is 16.5. The second kappa shape index (κ2) is 37.4. The van der Waals surface area contributed by atoms with E-state index in [0.717, 1.165) is 181 Å². The third-order valence-electron chi connectivity index (χ3n) is 17.8. The maximum Gasteiger partial charge on any atom is 0.132 e. The third kappa shape index (κ3) is 19.7. The zero-order chi connectivity index (χ0) is 73.9. The molecule has 0 amide bonds. The molecule has 0 saturated carbocycles. The largest absolute Gasteiger partial charge is 0.496 e. The number of methoxy groups -OCH3 is 3. The molecular formula is C89H84N12O7. The number of benzene rings is 9. The van der Waals surface area contributed by atoms with Crippen LogP contribution in [0.3, 0.4) is 0 Å². The fourth-order valence-corrected chi connectivity index (χ4v) is 12.1. The van der Waals surface area contributed by atoms with Gasteiger partial charge in [0.15, 0.2) is 0 Å². The molecule has 16 rings (SSSR count). The van der Waals surface area contributed by atoms with Gasteiger partial charge >= 0.3 is 0 Å². The molecule has 0 radical (unpaired) electrons. The number of hydrogen-bond acceptors (Lipinski definition) is 15. The number of H-pyrrole nitrogens is 4. The summed E-state index contributed by atoms with van der Waals surface area (Å²) in [5, 5.41) is 30.2. The first-order valence-electron chi connectivity index (χ1n) is 35.7. The molecular weight excluding hydrogens is 1350 g/mol. The van der Waals surface area contributed by atoms with Crippen LogP contribution in [0.2, 0.25) is 0 Å². The molecule has 542 valence electrons. The van der Waals surface area contributed by atoms with E-state index < -0.39 is 0 Å². The van der Waals surface area contributed by atoms with Crippen LogP contribution in [0.1, 0.15) is 22.4 Å². The van der Waals surface area contributed by atoms with Crippen LogP contribution in [-0.2, 0) is 35.5 Å². The highest BCUT2D eigenvalue weighted by Crippen LogP contribution is 2.38. The van der Waals surface area contributed by atoms with Gasteiger partial charge in [0, 0.05) is 88.9 Å². The molecule has 9 aromatic carbocycles. The molecule has 1 aliphatic rings. The number of morpholine rings is 1. The van der Waals surface area contributed by atoms with Crippen molar-refractivity contribution in [3.8, 4) is 119 Å². The van der Waals surface area contributed by atoms with Gasteiger partial charge in [-0.15, -0.1) is 0 Å². The summed E-state index contributed by atoms with van der Waals surface area (Å²) < 4.78 is 39.5. The molecule has 19 heteroatoms. The average molecular weight is 1430 g/mol. The maximum absolute atomic E-state index is 6.28. The summed E-state index contributed by atoms with van der Waals surface area (Å²) in [5.74, 6) is 4.91.